The van der Waals surface area contributed by atoms with Gasteiger partial charge in [-0.3, -0.25) is 4.31 Å². The van der Waals surface area contributed by atoms with Gasteiger partial charge in [0.15, 0.2) is 0 Å². The topological polar surface area (TPSA) is 92.8 Å². The molecule has 0 radical (unpaired) electrons. The number of hydrogen-bond donors (Lipinski definition) is 1. The fourth-order valence-corrected chi connectivity index (χ4v) is 3.21. The smallest absolute Gasteiger partial charge is 0.232 e. The fourth-order valence-electron chi connectivity index (χ4n) is 1.81. The maximum Gasteiger partial charge on any atom is 0.232 e. The van der Waals surface area contributed by atoms with Crippen molar-refractivity contribution in [1.29, 1.82) is 0 Å². The van der Waals surface area contributed by atoms with E-state index in [9.17, 15) is 16.8 Å². The number of nitrogens with zero attached hydrogens (tertiary/aromatic N) is 1. The molecule has 1 aromatic carbocycles. The number of rotatable bonds is 8. The van der Waals surface area contributed by atoms with Crippen LogP contribution in [0, 0.1) is 0 Å². The van der Waals surface area contributed by atoms with Crippen LogP contribution in [0.4, 0.5) is 5.69 Å². The van der Waals surface area contributed by atoms with E-state index in [1.807, 2.05) is 13.8 Å². The lowest BCUT2D eigenvalue weighted by Gasteiger charge is -2.25. The van der Waals surface area contributed by atoms with E-state index in [1.54, 1.807) is 24.3 Å². The number of benzene rings is 1. The lowest BCUT2D eigenvalue weighted by Crippen LogP contribution is -2.38. The molecular formula is C13H22N2O5S2. The SMILES string of the molecule is CC(C)Oc1ccccc1N(CCNS(C)(=O)=O)S(C)(=O)=O. The Morgan fingerprint density at radius 1 is 1.14 bits per heavy atom. The van der Waals surface area contributed by atoms with Gasteiger partial charge in [0.2, 0.25) is 20.0 Å². The van der Waals surface area contributed by atoms with Crippen molar-refractivity contribution in [3.05, 3.63) is 24.3 Å². The van der Waals surface area contributed by atoms with Crippen molar-refractivity contribution in [1.82, 2.24) is 4.72 Å². The summed E-state index contributed by atoms with van der Waals surface area (Å²) < 4.78 is 55.3. The standard InChI is InChI=1S/C13H22N2O5S2/c1-11(2)20-13-8-6-5-7-12(13)15(22(4,18)19)10-9-14-21(3,16)17/h5-8,11,14H,9-10H2,1-4H3. The lowest BCUT2D eigenvalue weighted by molar-refractivity contribution is 0.243. The van der Waals surface area contributed by atoms with Gasteiger partial charge in [-0.05, 0) is 26.0 Å². The molecule has 0 saturated carbocycles. The molecule has 0 unspecified atom stereocenters. The highest BCUT2D eigenvalue weighted by Gasteiger charge is 2.21. The molecule has 0 spiro atoms. The van der Waals surface area contributed by atoms with Crippen molar-refractivity contribution in [2.75, 3.05) is 29.9 Å². The second-order valence-electron chi connectivity index (χ2n) is 5.14. The van der Waals surface area contributed by atoms with Crippen LogP contribution in [-0.2, 0) is 20.0 Å². The molecule has 0 amide bonds. The quantitative estimate of drug-likeness (QED) is 0.748. The molecule has 0 saturated heterocycles. The Balaban J connectivity index is 3.08. The molecule has 0 heterocycles. The minimum Gasteiger partial charge on any atom is -0.489 e. The molecule has 1 rings (SSSR count). The van der Waals surface area contributed by atoms with Crippen molar-refractivity contribution < 1.29 is 21.6 Å². The first-order valence-corrected chi connectivity index (χ1v) is 10.4. The fraction of sp³-hybridized carbons (Fsp3) is 0.538. The van der Waals surface area contributed by atoms with E-state index in [1.165, 1.54) is 0 Å². The predicted octanol–water partition coefficient (Wildman–Crippen LogP) is 0.789. The number of para-hydroxylation sites is 2. The van der Waals surface area contributed by atoms with Crippen LogP contribution >= 0.6 is 0 Å². The molecule has 0 aliphatic heterocycles. The molecule has 9 heteroatoms. The van der Waals surface area contributed by atoms with Crippen LogP contribution in [0.5, 0.6) is 5.75 Å². The van der Waals surface area contributed by atoms with Gasteiger partial charge in [0.25, 0.3) is 0 Å². The number of ether oxygens (including phenoxy) is 1. The molecule has 0 atom stereocenters. The maximum absolute atomic E-state index is 12.0. The maximum atomic E-state index is 12.0. The third kappa shape index (κ3) is 6.20. The highest BCUT2D eigenvalue weighted by atomic mass is 32.2. The predicted molar refractivity (Wildman–Crippen MR) is 87.2 cm³/mol. The van der Waals surface area contributed by atoms with Gasteiger partial charge in [0.1, 0.15) is 5.75 Å². The van der Waals surface area contributed by atoms with Gasteiger partial charge >= 0.3 is 0 Å². The van der Waals surface area contributed by atoms with Crippen LogP contribution in [-0.4, -0.2) is 48.5 Å². The van der Waals surface area contributed by atoms with Crippen LogP contribution in [0.1, 0.15) is 13.8 Å². The first kappa shape index (κ1) is 18.7. The van der Waals surface area contributed by atoms with Crippen molar-refractivity contribution in [2.24, 2.45) is 0 Å². The van der Waals surface area contributed by atoms with Crippen LogP contribution in [0.25, 0.3) is 0 Å². The summed E-state index contributed by atoms with van der Waals surface area (Å²) in [6, 6.07) is 6.75. The van der Waals surface area contributed by atoms with Crippen LogP contribution in [0.2, 0.25) is 0 Å². The first-order valence-electron chi connectivity index (χ1n) is 6.69. The average Bonchev–Trinajstić information content (AvgIpc) is 2.32. The minimum absolute atomic E-state index is 0.0234. The lowest BCUT2D eigenvalue weighted by atomic mass is 10.3. The third-order valence-corrected chi connectivity index (χ3v) is 4.48. The summed E-state index contributed by atoms with van der Waals surface area (Å²) in [6.07, 6.45) is 1.98. The van der Waals surface area contributed by atoms with Gasteiger partial charge < -0.3 is 4.74 Å². The Kier molecular flexibility index (Phi) is 6.21. The molecule has 0 bridgehead atoms. The van der Waals surface area contributed by atoms with Gasteiger partial charge in [-0.1, -0.05) is 12.1 Å². The zero-order chi connectivity index (χ0) is 17.0. The molecule has 126 valence electrons. The number of nitrogens with one attached hydrogen (secondary N) is 1. The second kappa shape index (κ2) is 7.30. The van der Waals surface area contributed by atoms with Crippen molar-refractivity contribution in [2.45, 2.75) is 20.0 Å². The zero-order valence-electron chi connectivity index (χ0n) is 13.1. The van der Waals surface area contributed by atoms with Gasteiger partial charge in [0, 0.05) is 13.1 Å². The van der Waals surface area contributed by atoms with Crippen molar-refractivity contribution in [3.8, 4) is 5.75 Å². The summed E-state index contributed by atoms with van der Waals surface area (Å²) in [6.45, 7) is 3.63. The van der Waals surface area contributed by atoms with E-state index in [0.717, 1.165) is 16.8 Å². The highest BCUT2D eigenvalue weighted by molar-refractivity contribution is 7.92. The molecule has 22 heavy (non-hydrogen) atoms. The molecule has 0 aromatic heterocycles. The molecule has 1 aromatic rings. The highest BCUT2D eigenvalue weighted by Crippen LogP contribution is 2.30. The summed E-state index contributed by atoms with van der Waals surface area (Å²) in [5.74, 6) is 0.433. The summed E-state index contributed by atoms with van der Waals surface area (Å²) in [4.78, 5) is 0. The molecule has 0 aliphatic rings. The Morgan fingerprint density at radius 3 is 2.23 bits per heavy atom. The van der Waals surface area contributed by atoms with E-state index in [2.05, 4.69) is 4.72 Å². The Bertz CT molecular complexity index is 699. The molecule has 7 nitrogen and oxygen atoms in total. The van der Waals surface area contributed by atoms with Gasteiger partial charge in [-0.15, -0.1) is 0 Å². The van der Waals surface area contributed by atoms with Gasteiger partial charge in [-0.25, -0.2) is 21.6 Å². The summed E-state index contributed by atoms with van der Waals surface area (Å²) in [5.41, 5.74) is 0.383. The van der Waals surface area contributed by atoms with Gasteiger partial charge in [-0.2, -0.15) is 0 Å². The van der Waals surface area contributed by atoms with Crippen molar-refractivity contribution >= 4 is 25.7 Å². The average molecular weight is 350 g/mol. The number of hydrogen-bond acceptors (Lipinski definition) is 5. The number of anilines is 1. The molecule has 0 fully saturated rings. The minimum atomic E-state index is -3.58. The van der Waals surface area contributed by atoms with Gasteiger partial charge in [0.05, 0.1) is 24.3 Å². The Labute approximate surface area is 132 Å². The second-order valence-corrected chi connectivity index (χ2v) is 8.88. The van der Waals surface area contributed by atoms with Crippen LogP contribution in [0.3, 0.4) is 0 Å². The molecular weight excluding hydrogens is 328 g/mol. The van der Waals surface area contributed by atoms with E-state index in [0.29, 0.717) is 11.4 Å². The van der Waals surface area contributed by atoms with E-state index in [4.69, 9.17) is 4.74 Å². The first-order chi connectivity index (χ1) is 10.0. The summed E-state index contributed by atoms with van der Waals surface area (Å²) in [7, 11) is -6.95. The van der Waals surface area contributed by atoms with Crippen LogP contribution in [0.15, 0.2) is 24.3 Å². The van der Waals surface area contributed by atoms with Crippen molar-refractivity contribution in [3.63, 3.8) is 0 Å². The summed E-state index contributed by atoms with van der Waals surface area (Å²) in [5, 5.41) is 0. The molecule has 1 N–H and O–H groups in total. The van der Waals surface area contributed by atoms with E-state index in [-0.39, 0.29) is 19.2 Å². The largest absolute Gasteiger partial charge is 0.489 e. The monoisotopic (exact) mass is 350 g/mol. The Hall–Kier alpha value is -1.32. The van der Waals surface area contributed by atoms with E-state index >= 15 is 0 Å². The molecule has 0 aliphatic carbocycles. The normalized spacial score (nSPS) is 12.4. The summed E-state index contributed by atoms with van der Waals surface area (Å²) >= 11 is 0. The third-order valence-electron chi connectivity index (χ3n) is 2.58. The number of sulfonamides is 2. The Morgan fingerprint density at radius 2 is 1.73 bits per heavy atom. The van der Waals surface area contributed by atoms with Crippen LogP contribution < -0.4 is 13.8 Å². The van der Waals surface area contributed by atoms with E-state index < -0.39 is 20.0 Å². The zero-order valence-corrected chi connectivity index (χ0v) is 14.7.